The van der Waals surface area contributed by atoms with Gasteiger partial charge < -0.3 is 10.4 Å². The summed E-state index contributed by atoms with van der Waals surface area (Å²) >= 11 is 0. The van der Waals surface area contributed by atoms with Gasteiger partial charge in [-0.3, -0.25) is 0 Å². The zero-order chi connectivity index (χ0) is 12.8. The molecule has 2 aliphatic rings. The van der Waals surface area contributed by atoms with Crippen LogP contribution in [0.5, 0.6) is 0 Å². The monoisotopic (exact) mass is 268 g/mol. The standard InChI is InChI=1S/C12H16N2O3S/c15-11-3-4-14(8-11)18(16,17)12-2-1-9-6-13-7-10(9)5-12/h1-2,5,11,13,15H,3-4,6-8H2. The molecule has 1 saturated heterocycles. The van der Waals surface area contributed by atoms with Crippen LogP contribution in [-0.2, 0) is 23.1 Å². The number of nitrogens with zero attached hydrogens (tertiary/aromatic N) is 1. The summed E-state index contributed by atoms with van der Waals surface area (Å²) in [4.78, 5) is 0.332. The van der Waals surface area contributed by atoms with Gasteiger partial charge in [-0.2, -0.15) is 4.31 Å². The van der Waals surface area contributed by atoms with Crippen molar-refractivity contribution in [3.05, 3.63) is 29.3 Å². The Kier molecular flexibility index (Phi) is 2.90. The van der Waals surface area contributed by atoms with E-state index >= 15 is 0 Å². The zero-order valence-corrected chi connectivity index (χ0v) is 10.8. The van der Waals surface area contributed by atoms with E-state index in [0.29, 0.717) is 17.9 Å². The molecule has 1 aromatic carbocycles. The number of aliphatic hydroxyl groups is 1. The third-order valence-electron chi connectivity index (χ3n) is 3.57. The molecule has 0 saturated carbocycles. The number of benzene rings is 1. The van der Waals surface area contributed by atoms with Gasteiger partial charge in [0.15, 0.2) is 0 Å². The second-order valence-corrected chi connectivity index (χ2v) is 6.78. The van der Waals surface area contributed by atoms with Crippen LogP contribution in [-0.4, -0.2) is 37.0 Å². The molecule has 0 amide bonds. The van der Waals surface area contributed by atoms with Crippen molar-refractivity contribution in [2.45, 2.75) is 30.5 Å². The maximum Gasteiger partial charge on any atom is 0.243 e. The fourth-order valence-electron chi connectivity index (χ4n) is 2.51. The summed E-state index contributed by atoms with van der Waals surface area (Å²) in [6, 6.07) is 5.27. The van der Waals surface area contributed by atoms with Crippen molar-refractivity contribution in [3.8, 4) is 0 Å². The lowest BCUT2D eigenvalue weighted by atomic mass is 10.1. The molecule has 18 heavy (non-hydrogen) atoms. The number of hydrogen-bond acceptors (Lipinski definition) is 4. The molecule has 0 aliphatic carbocycles. The SMILES string of the molecule is O=S(=O)(c1ccc2c(c1)CNC2)N1CCC(O)C1. The Morgan fingerprint density at radius 3 is 2.78 bits per heavy atom. The molecule has 5 nitrogen and oxygen atoms in total. The van der Waals surface area contributed by atoms with Gasteiger partial charge in [0.25, 0.3) is 0 Å². The molecule has 2 aliphatic heterocycles. The summed E-state index contributed by atoms with van der Waals surface area (Å²) in [6.45, 7) is 2.13. The van der Waals surface area contributed by atoms with Crippen molar-refractivity contribution >= 4 is 10.0 Å². The lowest BCUT2D eigenvalue weighted by Gasteiger charge is -2.16. The molecule has 1 aromatic rings. The van der Waals surface area contributed by atoms with Gasteiger partial charge >= 0.3 is 0 Å². The highest BCUT2D eigenvalue weighted by Gasteiger charge is 2.32. The van der Waals surface area contributed by atoms with Crippen molar-refractivity contribution in [1.29, 1.82) is 0 Å². The largest absolute Gasteiger partial charge is 0.392 e. The molecular weight excluding hydrogens is 252 g/mol. The molecule has 0 radical (unpaired) electrons. The van der Waals surface area contributed by atoms with Crippen molar-refractivity contribution < 1.29 is 13.5 Å². The summed E-state index contributed by atoms with van der Waals surface area (Å²) in [7, 11) is -3.45. The molecule has 1 fully saturated rings. The minimum atomic E-state index is -3.45. The van der Waals surface area contributed by atoms with E-state index in [0.717, 1.165) is 24.2 Å². The lowest BCUT2D eigenvalue weighted by molar-refractivity contribution is 0.189. The van der Waals surface area contributed by atoms with Crippen molar-refractivity contribution in [3.63, 3.8) is 0 Å². The normalized spacial score (nSPS) is 24.4. The highest BCUT2D eigenvalue weighted by Crippen LogP contribution is 2.25. The first-order valence-corrected chi connectivity index (χ1v) is 7.52. The maximum atomic E-state index is 12.4. The molecule has 2 N–H and O–H groups in total. The maximum absolute atomic E-state index is 12.4. The number of β-amino-alcohol motifs (C(OH)–C–C–N with tert-alkyl or cyclic N) is 1. The minimum absolute atomic E-state index is 0.206. The molecule has 3 rings (SSSR count). The number of fused-ring (bicyclic) bond motifs is 1. The fourth-order valence-corrected chi connectivity index (χ4v) is 4.05. The van der Waals surface area contributed by atoms with E-state index in [9.17, 15) is 13.5 Å². The third kappa shape index (κ3) is 1.95. The Hall–Kier alpha value is -0.950. The van der Waals surface area contributed by atoms with E-state index in [-0.39, 0.29) is 6.54 Å². The smallest absolute Gasteiger partial charge is 0.243 e. The Labute approximate surface area is 106 Å². The van der Waals surface area contributed by atoms with Crippen LogP contribution in [0.4, 0.5) is 0 Å². The van der Waals surface area contributed by atoms with Gasteiger partial charge in [0.2, 0.25) is 10.0 Å². The first-order chi connectivity index (χ1) is 8.57. The average molecular weight is 268 g/mol. The molecule has 0 spiro atoms. The van der Waals surface area contributed by atoms with Crippen LogP contribution < -0.4 is 5.32 Å². The summed E-state index contributed by atoms with van der Waals surface area (Å²) in [5, 5.41) is 12.6. The van der Waals surface area contributed by atoms with Gasteiger partial charge in [0.1, 0.15) is 0 Å². The van der Waals surface area contributed by atoms with Crippen LogP contribution in [0.15, 0.2) is 23.1 Å². The van der Waals surface area contributed by atoms with E-state index in [1.165, 1.54) is 4.31 Å². The first kappa shape index (κ1) is 12.1. The molecule has 1 atom stereocenters. The van der Waals surface area contributed by atoms with Crippen LogP contribution in [0.25, 0.3) is 0 Å². The topological polar surface area (TPSA) is 69.6 Å². The Balaban J connectivity index is 1.94. The number of aliphatic hydroxyl groups excluding tert-OH is 1. The van der Waals surface area contributed by atoms with Crippen LogP contribution in [0.2, 0.25) is 0 Å². The number of sulfonamides is 1. The second kappa shape index (κ2) is 4.31. The lowest BCUT2D eigenvalue weighted by Crippen LogP contribution is -2.29. The fraction of sp³-hybridized carbons (Fsp3) is 0.500. The molecule has 98 valence electrons. The highest BCUT2D eigenvalue weighted by molar-refractivity contribution is 7.89. The molecular formula is C12H16N2O3S. The van der Waals surface area contributed by atoms with Gasteiger partial charge in [-0.15, -0.1) is 0 Å². The zero-order valence-electron chi connectivity index (χ0n) is 9.96. The van der Waals surface area contributed by atoms with E-state index in [1.54, 1.807) is 12.1 Å². The third-order valence-corrected chi connectivity index (χ3v) is 5.43. The summed E-state index contributed by atoms with van der Waals surface area (Å²) < 4.78 is 26.1. The van der Waals surface area contributed by atoms with Gasteiger partial charge in [-0.05, 0) is 29.7 Å². The quantitative estimate of drug-likeness (QED) is 0.795. The molecule has 0 aromatic heterocycles. The molecule has 0 bridgehead atoms. The van der Waals surface area contributed by atoms with E-state index in [4.69, 9.17) is 0 Å². The van der Waals surface area contributed by atoms with E-state index in [2.05, 4.69) is 5.32 Å². The Morgan fingerprint density at radius 1 is 1.28 bits per heavy atom. The van der Waals surface area contributed by atoms with Crippen LogP contribution in [0.3, 0.4) is 0 Å². The minimum Gasteiger partial charge on any atom is -0.392 e. The highest BCUT2D eigenvalue weighted by atomic mass is 32.2. The van der Waals surface area contributed by atoms with Gasteiger partial charge in [0.05, 0.1) is 11.0 Å². The molecule has 1 unspecified atom stereocenters. The molecule has 2 heterocycles. The van der Waals surface area contributed by atoms with Gasteiger partial charge in [-0.25, -0.2) is 8.42 Å². The van der Waals surface area contributed by atoms with Crippen molar-refractivity contribution in [1.82, 2.24) is 9.62 Å². The Bertz CT molecular complexity index is 571. The summed E-state index contributed by atoms with van der Waals surface area (Å²) in [5.74, 6) is 0. The molecule has 6 heteroatoms. The predicted molar refractivity (Wildman–Crippen MR) is 66.4 cm³/mol. The summed E-state index contributed by atoms with van der Waals surface area (Å²) in [6.07, 6.45) is -0.0120. The average Bonchev–Trinajstić information content (AvgIpc) is 2.96. The number of rotatable bonds is 2. The van der Waals surface area contributed by atoms with Crippen LogP contribution >= 0.6 is 0 Å². The van der Waals surface area contributed by atoms with Crippen LogP contribution in [0, 0.1) is 0 Å². The Morgan fingerprint density at radius 2 is 2.06 bits per heavy atom. The number of hydrogen-bond donors (Lipinski definition) is 2. The van der Waals surface area contributed by atoms with E-state index in [1.807, 2.05) is 6.07 Å². The van der Waals surface area contributed by atoms with Gasteiger partial charge in [-0.1, -0.05) is 6.07 Å². The van der Waals surface area contributed by atoms with E-state index < -0.39 is 16.1 Å². The van der Waals surface area contributed by atoms with Crippen molar-refractivity contribution in [2.24, 2.45) is 0 Å². The van der Waals surface area contributed by atoms with Crippen molar-refractivity contribution in [2.75, 3.05) is 13.1 Å². The summed E-state index contributed by atoms with van der Waals surface area (Å²) in [5.41, 5.74) is 2.21. The second-order valence-electron chi connectivity index (χ2n) is 4.84. The van der Waals surface area contributed by atoms with Gasteiger partial charge in [0, 0.05) is 26.2 Å². The van der Waals surface area contributed by atoms with Crippen LogP contribution in [0.1, 0.15) is 17.5 Å². The predicted octanol–water partition coefficient (Wildman–Crippen LogP) is 0.0451. The first-order valence-electron chi connectivity index (χ1n) is 6.08. The number of nitrogens with one attached hydrogen (secondary N) is 1.